The van der Waals surface area contributed by atoms with Gasteiger partial charge >= 0.3 is 6.36 Å². The molecule has 1 aliphatic heterocycles. The van der Waals surface area contributed by atoms with Crippen molar-refractivity contribution in [2.45, 2.75) is 25.7 Å². The summed E-state index contributed by atoms with van der Waals surface area (Å²) in [5.74, 6) is 0.645. The zero-order chi connectivity index (χ0) is 13.9. The molecule has 1 unspecified atom stereocenters. The maximum Gasteiger partial charge on any atom is 0.573 e. The molecule has 1 aliphatic rings. The second-order valence-electron chi connectivity index (χ2n) is 4.09. The van der Waals surface area contributed by atoms with Gasteiger partial charge in [0.15, 0.2) is 10.9 Å². The standard InChI is InChI=1S/C12H13F3N2OS/c1-8-6-7-19-11(16-8)17-9-4-2-3-5-10(9)18-12(13,14)15/h2-5,8H,6-7H2,1H3,(H,16,17). The Labute approximate surface area is 113 Å². The van der Waals surface area contributed by atoms with Gasteiger partial charge in [-0.1, -0.05) is 23.9 Å². The summed E-state index contributed by atoms with van der Waals surface area (Å²) in [5, 5.41) is 3.51. The van der Waals surface area contributed by atoms with Gasteiger partial charge in [0.1, 0.15) is 0 Å². The largest absolute Gasteiger partial charge is 0.573 e. The Hall–Kier alpha value is -1.37. The molecule has 0 saturated heterocycles. The summed E-state index contributed by atoms with van der Waals surface area (Å²) in [4.78, 5) is 4.35. The lowest BCUT2D eigenvalue weighted by Crippen LogP contribution is -2.21. The van der Waals surface area contributed by atoms with Gasteiger partial charge in [-0.15, -0.1) is 13.2 Å². The van der Waals surface area contributed by atoms with E-state index in [0.29, 0.717) is 5.17 Å². The Morgan fingerprint density at radius 2 is 2.11 bits per heavy atom. The van der Waals surface area contributed by atoms with Crippen molar-refractivity contribution in [2.75, 3.05) is 11.1 Å². The molecule has 1 atom stereocenters. The third kappa shape index (κ3) is 4.34. The fraction of sp³-hybridized carbons (Fsp3) is 0.417. The quantitative estimate of drug-likeness (QED) is 0.897. The van der Waals surface area contributed by atoms with Crippen LogP contribution in [0.5, 0.6) is 5.75 Å². The van der Waals surface area contributed by atoms with E-state index in [9.17, 15) is 13.2 Å². The van der Waals surface area contributed by atoms with E-state index in [1.54, 1.807) is 6.07 Å². The van der Waals surface area contributed by atoms with E-state index < -0.39 is 6.36 Å². The van der Waals surface area contributed by atoms with Crippen LogP contribution in [0, 0.1) is 0 Å². The summed E-state index contributed by atoms with van der Waals surface area (Å²) in [5.41, 5.74) is 0.264. The summed E-state index contributed by atoms with van der Waals surface area (Å²) in [6.07, 6.45) is -3.73. The Kier molecular flexibility index (Phi) is 4.24. The van der Waals surface area contributed by atoms with Gasteiger partial charge in [-0.3, -0.25) is 4.99 Å². The first kappa shape index (κ1) is 14.0. The topological polar surface area (TPSA) is 33.6 Å². The number of anilines is 1. The molecule has 0 saturated carbocycles. The molecule has 19 heavy (non-hydrogen) atoms. The van der Waals surface area contributed by atoms with E-state index in [1.165, 1.54) is 30.0 Å². The molecule has 0 amide bonds. The van der Waals surface area contributed by atoms with E-state index in [4.69, 9.17) is 0 Å². The number of ether oxygens (including phenoxy) is 1. The maximum absolute atomic E-state index is 12.3. The van der Waals surface area contributed by atoms with Crippen molar-refractivity contribution < 1.29 is 17.9 Å². The van der Waals surface area contributed by atoms with Crippen LogP contribution in [0.3, 0.4) is 0 Å². The molecule has 0 spiro atoms. The first-order valence-corrected chi connectivity index (χ1v) is 6.75. The van der Waals surface area contributed by atoms with Crippen LogP contribution in [0.4, 0.5) is 18.9 Å². The SMILES string of the molecule is CC1CCSC(Nc2ccccc2OC(F)(F)F)=N1. The van der Waals surface area contributed by atoms with Crippen molar-refractivity contribution in [1.29, 1.82) is 0 Å². The number of aliphatic imine (C=N–C) groups is 1. The molecule has 7 heteroatoms. The van der Waals surface area contributed by atoms with E-state index in [1.807, 2.05) is 6.92 Å². The maximum atomic E-state index is 12.3. The number of amidine groups is 1. The molecule has 1 aromatic carbocycles. The molecule has 1 aromatic rings. The minimum atomic E-state index is -4.70. The van der Waals surface area contributed by atoms with Gasteiger partial charge in [-0.2, -0.15) is 0 Å². The fourth-order valence-electron chi connectivity index (χ4n) is 1.60. The Balaban J connectivity index is 2.16. The van der Waals surface area contributed by atoms with Gasteiger partial charge in [-0.25, -0.2) is 0 Å². The number of benzene rings is 1. The highest BCUT2D eigenvalue weighted by molar-refractivity contribution is 8.14. The Morgan fingerprint density at radius 1 is 1.37 bits per heavy atom. The molecule has 0 aliphatic carbocycles. The molecule has 0 radical (unpaired) electrons. The number of para-hydroxylation sites is 2. The van der Waals surface area contributed by atoms with Crippen LogP contribution < -0.4 is 10.1 Å². The summed E-state index contributed by atoms with van der Waals surface area (Å²) < 4.78 is 40.8. The average molecular weight is 290 g/mol. The third-order valence-electron chi connectivity index (χ3n) is 2.47. The van der Waals surface area contributed by atoms with E-state index in [2.05, 4.69) is 15.0 Å². The Bertz CT molecular complexity index is 476. The predicted octanol–water partition coefficient (Wildman–Crippen LogP) is 3.88. The molecule has 0 bridgehead atoms. The van der Waals surface area contributed by atoms with Gasteiger partial charge < -0.3 is 10.1 Å². The van der Waals surface area contributed by atoms with Crippen LogP contribution in [-0.4, -0.2) is 23.3 Å². The number of hydrogen-bond donors (Lipinski definition) is 1. The lowest BCUT2D eigenvalue weighted by Gasteiger charge is -2.19. The van der Waals surface area contributed by atoms with Gasteiger partial charge in [0.2, 0.25) is 0 Å². The van der Waals surface area contributed by atoms with Crippen LogP contribution in [0.25, 0.3) is 0 Å². The molecule has 2 rings (SSSR count). The normalized spacial score (nSPS) is 19.8. The minimum Gasteiger partial charge on any atom is -0.404 e. The fourth-order valence-corrected chi connectivity index (χ4v) is 2.68. The zero-order valence-electron chi connectivity index (χ0n) is 10.2. The van der Waals surface area contributed by atoms with Crippen LogP contribution in [0.2, 0.25) is 0 Å². The molecule has 1 N–H and O–H groups in total. The van der Waals surface area contributed by atoms with Gasteiger partial charge in [0.25, 0.3) is 0 Å². The molecule has 0 fully saturated rings. The molecule has 0 aromatic heterocycles. The number of alkyl halides is 3. The minimum absolute atomic E-state index is 0.180. The average Bonchev–Trinajstić information content (AvgIpc) is 2.30. The van der Waals surface area contributed by atoms with Crippen molar-refractivity contribution in [3.05, 3.63) is 24.3 Å². The van der Waals surface area contributed by atoms with Crippen molar-refractivity contribution >= 4 is 22.6 Å². The number of halogens is 3. The number of rotatable bonds is 2. The monoisotopic (exact) mass is 290 g/mol. The molecular weight excluding hydrogens is 277 g/mol. The summed E-state index contributed by atoms with van der Waals surface area (Å²) in [6.45, 7) is 1.97. The van der Waals surface area contributed by atoms with Crippen molar-refractivity contribution in [3.63, 3.8) is 0 Å². The van der Waals surface area contributed by atoms with Gasteiger partial charge in [-0.05, 0) is 25.5 Å². The van der Waals surface area contributed by atoms with Crippen molar-refractivity contribution in [3.8, 4) is 5.75 Å². The van der Waals surface area contributed by atoms with Gasteiger partial charge in [0, 0.05) is 5.75 Å². The van der Waals surface area contributed by atoms with Crippen LogP contribution in [0.15, 0.2) is 29.3 Å². The van der Waals surface area contributed by atoms with Gasteiger partial charge in [0.05, 0.1) is 11.7 Å². The number of nitrogens with zero attached hydrogens (tertiary/aromatic N) is 1. The molecule has 3 nitrogen and oxygen atoms in total. The lowest BCUT2D eigenvalue weighted by molar-refractivity contribution is -0.274. The van der Waals surface area contributed by atoms with Crippen molar-refractivity contribution in [1.82, 2.24) is 0 Å². The Morgan fingerprint density at radius 3 is 2.79 bits per heavy atom. The second kappa shape index (κ2) is 5.73. The number of nitrogens with one attached hydrogen (secondary N) is 1. The predicted molar refractivity (Wildman–Crippen MR) is 70.7 cm³/mol. The number of thioether (sulfide) groups is 1. The molecule has 1 heterocycles. The summed E-state index contributed by atoms with van der Waals surface area (Å²) >= 11 is 1.49. The lowest BCUT2D eigenvalue weighted by atomic mass is 10.3. The van der Waals surface area contributed by atoms with Crippen LogP contribution in [-0.2, 0) is 0 Å². The summed E-state index contributed by atoms with van der Waals surface area (Å²) in [6, 6.07) is 6.12. The first-order valence-electron chi connectivity index (χ1n) is 5.76. The molecule has 104 valence electrons. The van der Waals surface area contributed by atoms with Crippen molar-refractivity contribution in [2.24, 2.45) is 4.99 Å². The third-order valence-corrected chi connectivity index (χ3v) is 3.39. The summed E-state index contributed by atoms with van der Waals surface area (Å²) in [7, 11) is 0. The first-order chi connectivity index (χ1) is 8.94. The highest BCUT2D eigenvalue weighted by atomic mass is 32.2. The second-order valence-corrected chi connectivity index (χ2v) is 5.17. The highest BCUT2D eigenvalue weighted by Gasteiger charge is 2.32. The number of hydrogen-bond acceptors (Lipinski definition) is 4. The van der Waals surface area contributed by atoms with E-state index >= 15 is 0 Å². The smallest absolute Gasteiger partial charge is 0.404 e. The zero-order valence-corrected chi connectivity index (χ0v) is 11.0. The van der Waals surface area contributed by atoms with Crippen LogP contribution >= 0.6 is 11.8 Å². The highest BCUT2D eigenvalue weighted by Crippen LogP contribution is 2.31. The van der Waals surface area contributed by atoms with Crippen LogP contribution in [0.1, 0.15) is 13.3 Å². The van der Waals surface area contributed by atoms with E-state index in [-0.39, 0.29) is 17.5 Å². The van der Waals surface area contributed by atoms with E-state index in [0.717, 1.165) is 12.2 Å². The molecular formula is C12H13F3N2OS.